The fourth-order valence-electron chi connectivity index (χ4n) is 3.30. The summed E-state index contributed by atoms with van der Waals surface area (Å²) in [5, 5.41) is 6.41. The van der Waals surface area contributed by atoms with Gasteiger partial charge in [-0.1, -0.05) is 62.4 Å². The fourth-order valence-corrected chi connectivity index (χ4v) is 3.30. The smallest absolute Gasteiger partial charge is 0.329 e. The van der Waals surface area contributed by atoms with Crippen LogP contribution in [0.15, 0.2) is 65.1 Å². The summed E-state index contributed by atoms with van der Waals surface area (Å²) in [5.41, 5.74) is 1.58. The lowest BCUT2D eigenvalue weighted by molar-refractivity contribution is -0.153. The van der Waals surface area contributed by atoms with Crippen molar-refractivity contribution in [2.24, 2.45) is 5.92 Å². The average molecular weight is 437 g/mol. The Hall–Kier alpha value is -3.61. The molecule has 0 saturated carbocycles. The molecule has 0 bridgehead atoms. The molecule has 2 amide bonds. The number of nitrogens with one attached hydrogen (secondary N) is 2. The third kappa shape index (κ3) is 6.20. The van der Waals surface area contributed by atoms with E-state index in [0.717, 1.165) is 16.5 Å². The molecule has 3 rings (SSSR count). The Bertz CT molecular complexity index is 1040. The Morgan fingerprint density at radius 2 is 1.59 bits per heavy atom. The molecule has 32 heavy (non-hydrogen) atoms. The Morgan fingerprint density at radius 1 is 0.906 bits per heavy atom. The van der Waals surface area contributed by atoms with Crippen molar-refractivity contribution in [2.75, 3.05) is 6.61 Å². The number of furan rings is 1. The number of carbonyl (C=O) groups excluding carboxylic acids is 3. The second kappa shape index (κ2) is 10.6. The molecule has 2 aromatic carbocycles. The van der Waals surface area contributed by atoms with E-state index in [-0.39, 0.29) is 24.3 Å². The topological polar surface area (TPSA) is 97.6 Å². The van der Waals surface area contributed by atoms with Gasteiger partial charge >= 0.3 is 5.97 Å². The lowest BCUT2D eigenvalue weighted by Gasteiger charge is -2.21. The quantitative estimate of drug-likeness (QED) is 0.500. The maximum atomic E-state index is 12.5. The minimum Gasteiger partial charge on any atom is -0.459 e. The number of hydrogen-bond acceptors (Lipinski definition) is 5. The molecule has 0 spiro atoms. The molecule has 2 N–H and O–H groups in total. The van der Waals surface area contributed by atoms with E-state index in [1.165, 1.54) is 0 Å². The van der Waals surface area contributed by atoms with Gasteiger partial charge < -0.3 is 19.8 Å². The van der Waals surface area contributed by atoms with E-state index in [9.17, 15) is 14.4 Å². The van der Waals surface area contributed by atoms with Crippen molar-refractivity contribution in [3.05, 3.63) is 72.0 Å². The van der Waals surface area contributed by atoms with Gasteiger partial charge in [0, 0.05) is 5.39 Å². The summed E-state index contributed by atoms with van der Waals surface area (Å²) in [6.07, 6.45) is 0.160. The van der Waals surface area contributed by atoms with Crippen molar-refractivity contribution < 1.29 is 23.5 Å². The number of hydrogen-bond donors (Lipinski definition) is 2. The monoisotopic (exact) mass is 436 g/mol. The average Bonchev–Trinajstić information content (AvgIpc) is 3.21. The van der Waals surface area contributed by atoms with Crippen LogP contribution in [0.1, 0.15) is 38.1 Å². The molecule has 0 aliphatic rings. The van der Waals surface area contributed by atoms with Crippen molar-refractivity contribution in [3.63, 3.8) is 0 Å². The normalized spacial score (nSPS) is 12.9. The molecule has 2 atom stereocenters. The molecule has 0 aliphatic heterocycles. The Kier molecular flexibility index (Phi) is 7.65. The molecule has 3 aromatic rings. The Labute approximate surface area is 187 Å². The number of para-hydroxylation sites is 1. The van der Waals surface area contributed by atoms with E-state index in [4.69, 9.17) is 9.15 Å². The van der Waals surface area contributed by atoms with Crippen LogP contribution in [0.2, 0.25) is 0 Å². The molecule has 0 saturated heterocycles. The number of rotatable bonds is 9. The van der Waals surface area contributed by atoms with Gasteiger partial charge in [-0.25, -0.2) is 4.79 Å². The van der Waals surface area contributed by atoms with Crippen molar-refractivity contribution in [1.29, 1.82) is 0 Å². The highest BCUT2D eigenvalue weighted by molar-refractivity contribution is 5.87. The number of esters is 1. The maximum absolute atomic E-state index is 12.5. The van der Waals surface area contributed by atoms with Crippen LogP contribution in [0.4, 0.5) is 0 Å². The van der Waals surface area contributed by atoms with E-state index >= 15 is 0 Å². The summed E-state index contributed by atoms with van der Waals surface area (Å²) in [7, 11) is 0. The number of ether oxygens (including phenoxy) is 1. The van der Waals surface area contributed by atoms with E-state index in [1.807, 2.05) is 60.7 Å². The van der Waals surface area contributed by atoms with Gasteiger partial charge in [-0.3, -0.25) is 9.59 Å². The van der Waals surface area contributed by atoms with Crippen LogP contribution in [-0.2, 0) is 25.5 Å². The SMILES string of the molecule is CC(NC(=O)COC(=O)[C@@H](NC(=O)Cc1ccccc1)C(C)C)c1cc2ccccc2o1. The first-order chi connectivity index (χ1) is 15.3. The van der Waals surface area contributed by atoms with Crippen LogP contribution in [0.5, 0.6) is 0 Å². The van der Waals surface area contributed by atoms with Gasteiger partial charge in [0.15, 0.2) is 6.61 Å². The maximum Gasteiger partial charge on any atom is 0.329 e. The summed E-state index contributed by atoms with van der Waals surface area (Å²) < 4.78 is 10.9. The van der Waals surface area contributed by atoms with Crippen molar-refractivity contribution >= 4 is 28.8 Å². The van der Waals surface area contributed by atoms with E-state index < -0.39 is 24.5 Å². The number of fused-ring (bicyclic) bond motifs is 1. The summed E-state index contributed by atoms with van der Waals surface area (Å²) in [6, 6.07) is 17.5. The standard InChI is InChI=1S/C25H28N2O5/c1-16(2)24(27-22(28)13-18-9-5-4-6-10-18)25(30)31-15-23(29)26-17(3)21-14-19-11-7-8-12-20(19)32-21/h4-12,14,16-17,24H,13,15H2,1-3H3,(H,26,29)(H,27,28)/t17?,24-/m0/s1. The van der Waals surface area contributed by atoms with Gasteiger partial charge in [0.2, 0.25) is 5.91 Å². The molecule has 0 fully saturated rings. The highest BCUT2D eigenvalue weighted by atomic mass is 16.5. The molecule has 0 radical (unpaired) electrons. The third-order valence-electron chi connectivity index (χ3n) is 5.04. The van der Waals surface area contributed by atoms with Crippen LogP contribution >= 0.6 is 0 Å². The van der Waals surface area contributed by atoms with Crippen molar-refractivity contribution in [3.8, 4) is 0 Å². The lowest BCUT2D eigenvalue weighted by atomic mass is 10.0. The summed E-state index contributed by atoms with van der Waals surface area (Å²) >= 11 is 0. The third-order valence-corrected chi connectivity index (χ3v) is 5.04. The first-order valence-electron chi connectivity index (χ1n) is 10.6. The van der Waals surface area contributed by atoms with Gasteiger partial charge in [-0.2, -0.15) is 0 Å². The van der Waals surface area contributed by atoms with Gasteiger partial charge in [0.25, 0.3) is 5.91 Å². The largest absolute Gasteiger partial charge is 0.459 e. The first kappa shape index (κ1) is 23.1. The van der Waals surface area contributed by atoms with Crippen LogP contribution in [0.3, 0.4) is 0 Å². The predicted molar refractivity (Wildman–Crippen MR) is 121 cm³/mol. The van der Waals surface area contributed by atoms with Crippen molar-refractivity contribution in [1.82, 2.24) is 10.6 Å². The molecule has 1 unspecified atom stereocenters. The number of benzene rings is 2. The number of carbonyl (C=O) groups is 3. The predicted octanol–water partition coefficient (Wildman–Crippen LogP) is 3.54. The first-order valence-corrected chi connectivity index (χ1v) is 10.6. The van der Waals surface area contributed by atoms with Gasteiger partial charge in [-0.05, 0) is 30.5 Å². The molecule has 1 aromatic heterocycles. The van der Waals surface area contributed by atoms with E-state index in [0.29, 0.717) is 5.76 Å². The highest BCUT2D eigenvalue weighted by Crippen LogP contribution is 2.23. The van der Waals surface area contributed by atoms with Crippen LogP contribution in [0, 0.1) is 5.92 Å². The molecule has 7 heteroatoms. The summed E-state index contributed by atoms with van der Waals surface area (Å²) in [4.78, 5) is 37.1. The second-order valence-electron chi connectivity index (χ2n) is 8.04. The van der Waals surface area contributed by atoms with E-state index in [1.54, 1.807) is 20.8 Å². The minimum atomic E-state index is -0.841. The molecule has 0 aliphatic carbocycles. The van der Waals surface area contributed by atoms with Crippen LogP contribution in [0.25, 0.3) is 11.0 Å². The molecular weight excluding hydrogens is 408 g/mol. The van der Waals surface area contributed by atoms with Gasteiger partial charge in [0.05, 0.1) is 12.5 Å². The zero-order valence-electron chi connectivity index (χ0n) is 18.5. The Balaban J connectivity index is 1.50. The van der Waals surface area contributed by atoms with Gasteiger partial charge in [-0.15, -0.1) is 0 Å². The van der Waals surface area contributed by atoms with E-state index in [2.05, 4.69) is 10.6 Å². The molecule has 7 nitrogen and oxygen atoms in total. The zero-order chi connectivity index (χ0) is 23.1. The molecule has 168 valence electrons. The summed E-state index contributed by atoms with van der Waals surface area (Å²) in [6.45, 7) is 4.95. The minimum absolute atomic E-state index is 0.160. The van der Waals surface area contributed by atoms with Crippen molar-refractivity contribution in [2.45, 2.75) is 39.3 Å². The molecular formula is C25H28N2O5. The molecule has 1 heterocycles. The van der Waals surface area contributed by atoms with Crippen LogP contribution < -0.4 is 10.6 Å². The summed E-state index contributed by atoms with van der Waals surface area (Å²) in [5.74, 6) is -0.967. The second-order valence-corrected chi connectivity index (χ2v) is 8.04. The van der Waals surface area contributed by atoms with Gasteiger partial charge in [0.1, 0.15) is 17.4 Å². The lowest BCUT2D eigenvalue weighted by Crippen LogP contribution is -2.46. The Morgan fingerprint density at radius 3 is 2.28 bits per heavy atom. The van der Waals surface area contributed by atoms with Crippen LogP contribution in [-0.4, -0.2) is 30.4 Å². The number of amides is 2. The highest BCUT2D eigenvalue weighted by Gasteiger charge is 2.26. The fraction of sp³-hybridized carbons (Fsp3) is 0.320. The zero-order valence-corrected chi connectivity index (χ0v) is 18.5.